The van der Waals surface area contributed by atoms with Crippen LogP contribution in [0.15, 0.2) is 29.6 Å². The largest absolute Gasteiger partial charge is 0.480 e. The molecule has 1 unspecified atom stereocenters. The Kier molecular flexibility index (Phi) is 9.14. The minimum absolute atomic E-state index is 0.108. The number of carbonyl (C=O) groups excluding carboxylic acids is 1. The van der Waals surface area contributed by atoms with Crippen molar-refractivity contribution in [2.24, 2.45) is 5.73 Å². The number of hydrazine groups is 1. The van der Waals surface area contributed by atoms with E-state index in [1.807, 2.05) is 17.9 Å². The Morgan fingerprint density at radius 2 is 1.93 bits per heavy atom. The summed E-state index contributed by atoms with van der Waals surface area (Å²) < 4.78 is 34.9. The van der Waals surface area contributed by atoms with Gasteiger partial charge in [-0.05, 0) is 61.4 Å². The maximum absolute atomic E-state index is 14.7. The standard InChI is InChI=1S/C30H43F2N7O4/c1-30(33,24-17-37(29(42)34-2)10-6-25(24)35-21-7-11-43-12-8-21)39-9-4-5-19-13-22(23(28(31)32)14-26(19)39)20-15-36(3)38(16-20)18-27(40)41/h13-14,16,21,28,35H,4-12,15,17-18,33H2,1-3H3,(H,34,42)(H,40,41). The molecule has 13 heteroatoms. The average molecular weight is 604 g/mol. The highest BCUT2D eigenvalue weighted by Crippen LogP contribution is 2.42. The molecule has 0 radical (unpaired) electrons. The van der Waals surface area contributed by atoms with E-state index in [0.29, 0.717) is 69.1 Å². The number of hydrogen-bond acceptors (Lipinski definition) is 8. The van der Waals surface area contributed by atoms with E-state index in [1.54, 1.807) is 36.3 Å². The molecule has 1 aromatic rings. The van der Waals surface area contributed by atoms with Crippen molar-refractivity contribution < 1.29 is 28.2 Å². The van der Waals surface area contributed by atoms with Gasteiger partial charge in [-0.3, -0.25) is 4.79 Å². The molecule has 0 aliphatic carbocycles. The number of amides is 2. The van der Waals surface area contributed by atoms with Gasteiger partial charge in [0.1, 0.15) is 12.2 Å². The van der Waals surface area contributed by atoms with E-state index >= 15 is 0 Å². The summed E-state index contributed by atoms with van der Waals surface area (Å²) in [7, 11) is 3.34. The number of nitrogens with one attached hydrogen (secondary N) is 2. The first-order chi connectivity index (χ1) is 20.5. The fourth-order valence-electron chi connectivity index (χ4n) is 6.68. The molecule has 0 saturated carbocycles. The van der Waals surface area contributed by atoms with Gasteiger partial charge in [0.05, 0.1) is 0 Å². The van der Waals surface area contributed by atoms with E-state index in [2.05, 4.69) is 10.6 Å². The second-order valence-corrected chi connectivity index (χ2v) is 11.9. The molecule has 2 amide bonds. The number of aliphatic carboxylic acids is 1. The van der Waals surface area contributed by atoms with E-state index < -0.39 is 18.1 Å². The second-order valence-electron chi connectivity index (χ2n) is 11.9. The van der Waals surface area contributed by atoms with Crippen molar-refractivity contribution in [3.8, 4) is 0 Å². The molecule has 1 fully saturated rings. The smallest absolute Gasteiger partial charge is 0.324 e. The zero-order chi connectivity index (χ0) is 30.9. The number of aryl methyl sites for hydroxylation is 1. The second kappa shape index (κ2) is 12.7. The van der Waals surface area contributed by atoms with Crippen LogP contribution in [-0.2, 0) is 16.0 Å². The SMILES string of the molecule is CNC(=O)N1CCC(NC2CCOCC2)=C(C(C)(N)N2CCCc3cc(C4=CN(CC(=O)O)N(C)C4)c(C(F)F)cc32)C1. The van der Waals surface area contributed by atoms with Crippen LogP contribution in [0.2, 0.25) is 0 Å². The Morgan fingerprint density at radius 1 is 1.19 bits per heavy atom. The molecular weight excluding hydrogens is 560 g/mol. The molecule has 1 aromatic carbocycles. The molecule has 11 nitrogen and oxygen atoms in total. The summed E-state index contributed by atoms with van der Waals surface area (Å²) in [6.45, 7) is 4.80. The predicted octanol–water partition coefficient (Wildman–Crippen LogP) is 2.71. The van der Waals surface area contributed by atoms with E-state index in [9.17, 15) is 23.5 Å². The molecule has 5 N–H and O–H groups in total. The van der Waals surface area contributed by atoms with Crippen molar-refractivity contribution in [2.45, 2.75) is 57.2 Å². The van der Waals surface area contributed by atoms with Crippen LogP contribution in [0.25, 0.3) is 5.57 Å². The van der Waals surface area contributed by atoms with Crippen molar-refractivity contribution in [3.63, 3.8) is 0 Å². The normalized spacial score (nSPS) is 21.6. The number of halogens is 2. The maximum atomic E-state index is 14.7. The topological polar surface area (TPSA) is 127 Å². The third-order valence-electron chi connectivity index (χ3n) is 9.01. The van der Waals surface area contributed by atoms with Crippen LogP contribution in [0.3, 0.4) is 0 Å². The van der Waals surface area contributed by atoms with Crippen LogP contribution in [0.5, 0.6) is 0 Å². The molecule has 236 valence electrons. The molecule has 4 heterocycles. The maximum Gasteiger partial charge on any atom is 0.324 e. The van der Waals surface area contributed by atoms with Gasteiger partial charge in [-0.15, -0.1) is 0 Å². The summed E-state index contributed by atoms with van der Waals surface area (Å²) in [4.78, 5) is 27.7. The summed E-state index contributed by atoms with van der Waals surface area (Å²) >= 11 is 0. The predicted molar refractivity (Wildman–Crippen MR) is 159 cm³/mol. The van der Waals surface area contributed by atoms with Crippen LogP contribution in [0.4, 0.5) is 19.3 Å². The number of nitrogens with two attached hydrogens (primary N) is 1. The first-order valence-corrected chi connectivity index (χ1v) is 14.9. The van der Waals surface area contributed by atoms with Gasteiger partial charge in [-0.25, -0.2) is 18.6 Å². The fraction of sp³-hybridized carbons (Fsp3) is 0.600. The number of anilines is 1. The van der Waals surface area contributed by atoms with Gasteiger partial charge < -0.3 is 41.0 Å². The number of alkyl halides is 2. The quantitative estimate of drug-likeness (QED) is 0.355. The summed E-state index contributed by atoms with van der Waals surface area (Å²) in [5.41, 5.74) is 10.6. The van der Waals surface area contributed by atoms with Crippen molar-refractivity contribution in [3.05, 3.63) is 46.3 Å². The van der Waals surface area contributed by atoms with Crippen molar-refractivity contribution in [2.75, 3.05) is 64.9 Å². The molecule has 0 aromatic heterocycles. The average Bonchev–Trinajstić information content (AvgIpc) is 3.35. The van der Waals surface area contributed by atoms with Gasteiger partial charge in [0, 0.05) is 94.7 Å². The Balaban J connectivity index is 1.53. The number of carbonyl (C=O) groups is 2. The van der Waals surface area contributed by atoms with Gasteiger partial charge in [0.2, 0.25) is 0 Å². The molecule has 0 spiro atoms. The van der Waals surface area contributed by atoms with Crippen molar-refractivity contribution in [1.29, 1.82) is 0 Å². The van der Waals surface area contributed by atoms with Gasteiger partial charge in [0.25, 0.3) is 6.43 Å². The van der Waals surface area contributed by atoms with Crippen LogP contribution in [0.1, 0.15) is 55.7 Å². The monoisotopic (exact) mass is 603 g/mol. The number of carboxylic acids is 1. The molecule has 0 bridgehead atoms. The zero-order valence-electron chi connectivity index (χ0n) is 25.2. The highest BCUT2D eigenvalue weighted by Gasteiger charge is 2.40. The Hall–Kier alpha value is -3.42. The molecule has 1 atom stereocenters. The Labute approximate surface area is 251 Å². The zero-order valence-corrected chi connectivity index (χ0v) is 25.2. The lowest BCUT2D eigenvalue weighted by atomic mass is 9.87. The number of ether oxygens (including phenoxy) is 1. The lowest BCUT2D eigenvalue weighted by Gasteiger charge is -2.48. The van der Waals surface area contributed by atoms with E-state index in [4.69, 9.17) is 10.5 Å². The number of likely N-dealkylation sites (N-methyl/N-ethyl adjacent to an activating group) is 1. The minimum atomic E-state index is -2.74. The number of benzene rings is 1. The molecule has 4 aliphatic rings. The number of hydrogen-bond donors (Lipinski definition) is 4. The number of fused-ring (bicyclic) bond motifs is 1. The Bertz CT molecular complexity index is 1300. The number of nitrogens with zero attached hydrogens (tertiary/aromatic N) is 4. The number of urea groups is 1. The first kappa shape index (κ1) is 31.0. The minimum Gasteiger partial charge on any atom is -0.480 e. The van der Waals surface area contributed by atoms with Gasteiger partial charge in [-0.1, -0.05) is 0 Å². The lowest BCUT2D eigenvalue weighted by Crippen LogP contribution is -2.61. The van der Waals surface area contributed by atoms with E-state index in [-0.39, 0.29) is 24.2 Å². The van der Waals surface area contributed by atoms with E-state index in [1.165, 1.54) is 5.01 Å². The van der Waals surface area contributed by atoms with Crippen molar-refractivity contribution in [1.82, 2.24) is 25.6 Å². The molecular formula is C30H43F2N7O4. The summed E-state index contributed by atoms with van der Waals surface area (Å²) in [6, 6.07) is 3.44. The highest BCUT2D eigenvalue weighted by molar-refractivity contribution is 5.77. The highest BCUT2D eigenvalue weighted by atomic mass is 19.3. The molecule has 43 heavy (non-hydrogen) atoms. The number of rotatable bonds is 8. The van der Waals surface area contributed by atoms with Crippen LogP contribution in [-0.4, -0.2) is 104 Å². The van der Waals surface area contributed by atoms with Gasteiger partial charge >= 0.3 is 12.0 Å². The van der Waals surface area contributed by atoms with Crippen molar-refractivity contribution >= 4 is 23.3 Å². The van der Waals surface area contributed by atoms with Crippen LogP contribution >= 0.6 is 0 Å². The van der Waals surface area contributed by atoms with Crippen LogP contribution in [0, 0.1) is 0 Å². The number of carboxylic acid groups (broad SMARTS) is 1. The summed E-state index contributed by atoms with van der Waals surface area (Å²) in [5.74, 6) is -1.00. The van der Waals surface area contributed by atoms with Gasteiger partial charge in [-0.2, -0.15) is 0 Å². The van der Waals surface area contributed by atoms with Gasteiger partial charge in [0.15, 0.2) is 0 Å². The Morgan fingerprint density at radius 3 is 2.60 bits per heavy atom. The summed E-state index contributed by atoms with van der Waals surface area (Å²) in [5, 5.41) is 18.9. The molecule has 4 aliphatic heterocycles. The first-order valence-electron chi connectivity index (χ1n) is 14.9. The van der Waals surface area contributed by atoms with E-state index in [0.717, 1.165) is 36.1 Å². The lowest BCUT2D eigenvalue weighted by molar-refractivity contribution is -0.140. The molecule has 1 saturated heterocycles. The molecule has 5 rings (SSSR count). The summed E-state index contributed by atoms with van der Waals surface area (Å²) in [6.07, 6.45) is 2.76. The third kappa shape index (κ3) is 6.43. The van der Waals surface area contributed by atoms with Crippen LogP contribution < -0.4 is 21.3 Å². The third-order valence-corrected chi connectivity index (χ3v) is 9.01. The fourth-order valence-corrected chi connectivity index (χ4v) is 6.68.